The summed E-state index contributed by atoms with van der Waals surface area (Å²) in [5.74, 6) is -2.11. The van der Waals surface area contributed by atoms with E-state index in [9.17, 15) is 13.6 Å². The van der Waals surface area contributed by atoms with E-state index in [0.29, 0.717) is 6.54 Å². The number of rotatable bonds is 1. The Morgan fingerprint density at radius 3 is 2.71 bits per heavy atom. The molecule has 17 heavy (non-hydrogen) atoms. The van der Waals surface area contributed by atoms with Crippen LogP contribution in [0.1, 0.15) is 36.5 Å². The first-order valence-electron chi connectivity index (χ1n) is 5.85. The Morgan fingerprint density at radius 1 is 1.29 bits per heavy atom. The van der Waals surface area contributed by atoms with Crippen molar-refractivity contribution in [2.45, 2.75) is 32.2 Å². The normalized spacial score (nSPS) is 20.4. The second-order valence-corrected chi connectivity index (χ2v) is 4.47. The number of hydrogen-bond donors (Lipinski definition) is 0. The smallest absolute Gasteiger partial charge is 0.254 e. The van der Waals surface area contributed by atoms with E-state index >= 15 is 0 Å². The monoisotopic (exact) mass is 239 g/mol. The molecule has 0 aliphatic carbocycles. The fraction of sp³-hybridized carbons (Fsp3) is 0.462. The highest BCUT2D eigenvalue weighted by atomic mass is 19.2. The summed E-state index contributed by atoms with van der Waals surface area (Å²) in [5, 5.41) is 0. The molecule has 1 aliphatic heterocycles. The summed E-state index contributed by atoms with van der Waals surface area (Å²) >= 11 is 0. The van der Waals surface area contributed by atoms with Crippen molar-refractivity contribution >= 4 is 5.91 Å². The van der Waals surface area contributed by atoms with Crippen LogP contribution in [0.3, 0.4) is 0 Å². The molecule has 1 atom stereocenters. The van der Waals surface area contributed by atoms with E-state index in [1.807, 2.05) is 6.92 Å². The SMILES string of the molecule is C[C@@H]1CCCCN1C(=O)c1ccc(F)c(F)c1. The van der Waals surface area contributed by atoms with Crippen molar-refractivity contribution in [2.75, 3.05) is 6.54 Å². The molecule has 4 heteroatoms. The van der Waals surface area contributed by atoms with E-state index < -0.39 is 11.6 Å². The Kier molecular flexibility index (Phi) is 3.41. The number of carbonyl (C=O) groups is 1. The zero-order chi connectivity index (χ0) is 12.4. The van der Waals surface area contributed by atoms with Gasteiger partial charge in [-0.2, -0.15) is 0 Å². The molecule has 2 nitrogen and oxygen atoms in total. The summed E-state index contributed by atoms with van der Waals surface area (Å²) in [6.45, 7) is 2.68. The maximum Gasteiger partial charge on any atom is 0.254 e. The first kappa shape index (κ1) is 12.0. The Bertz CT molecular complexity index is 433. The average Bonchev–Trinajstić information content (AvgIpc) is 2.32. The number of carbonyl (C=O) groups excluding carboxylic acids is 1. The van der Waals surface area contributed by atoms with Crippen molar-refractivity contribution in [1.29, 1.82) is 0 Å². The quantitative estimate of drug-likeness (QED) is 0.737. The molecular weight excluding hydrogens is 224 g/mol. The zero-order valence-corrected chi connectivity index (χ0v) is 9.75. The van der Waals surface area contributed by atoms with Crippen molar-refractivity contribution in [1.82, 2.24) is 4.90 Å². The highest BCUT2D eigenvalue weighted by Gasteiger charge is 2.24. The lowest BCUT2D eigenvalue weighted by Crippen LogP contribution is -2.42. The lowest BCUT2D eigenvalue weighted by Gasteiger charge is -2.33. The number of likely N-dealkylation sites (tertiary alicyclic amines) is 1. The van der Waals surface area contributed by atoms with Crippen molar-refractivity contribution in [3.8, 4) is 0 Å². The van der Waals surface area contributed by atoms with E-state index in [4.69, 9.17) is 0 Å². The van der Waals surface area contributed by atoms with Crippen LogP contribution >= 0.6 is 0 Å². The third-order valence-electron chi connectivity index (χ3n) is 3.23. The second kappa shape index (κ2) is 4.82. The molecule has 1 aromatic rings. The van der Waals surface area contributed by atoms with Gasteiger partial charge in [0.05, 0.1) is 0 Å². The van der Waals surface area contributed by atoms with Crippen LogP contribution in [-0.2, 0) is 0 Å². The topological polar surface area (TPSA) is 20.3 Å². The molecule has 0 aromatic heterocycles. The standard InChI is InChI=1S/C13H15F2NO/c1-9-4-2-3-7-16(9)13(17)10-5-6-11(14)12(15)8-10/h5-6,8-9H,2-4,7H2,1H3/t9-/m1/s1. The summed E-state index contributed by atoms with van der Waals surface area (Å²) in [6.07, 6.45) is 3.05. The summed E-state index contributed by atoms with van der Waals surface area (Å²) in [4.78, 5) is 13.8. The summed E-state index contributed by atoms with van der Waals surface area (Å²) in [5.41, 5.74) is 0.220. The average molecular weight is 239 g/mol. The van der Waals surface area contributed by atoms with Gasteiger partial charge in [0.15, 0.2) is 11.6 Å². The molecule has 1 heterocycles. The van der Waals surface area contributed by atoms with Gasteiger partial charge in [-0.25, -0.2) is 8.78 Å². The van der Waals surface area contributed by atoms with Gasteiger partial charge >= 0.3 is 0 Å². The number of nitrogens with zero attached hydrogens (tertiary/aromatic N) is 1. The number of piperidine rings is 1. The van der Waals surface area contributed by atoms with Gasteiger partial charge in [0.2, 0.25) is 0 Å². The molecule has 1 aromatic carbocycles. The summed E-state index contributed by atoms with van der Waals surface area (Å²) in [7, 11) is 0. The van der Waals surface area contributed by atoms with Gasteiger partial charge in [-0.3, -0.25) is 4.79 Å². The van der Waals surface area contributed by atoms with Crippen molar-refractivity contribution in [3.05, 3.63) is 35.4 Å². The van der Waals surface area contributed by atoms with Crippen LogP contribution in [0.25, 0.3) is 0 Å². The van der Waals surface area contributed by atoms with E-state index in [1.165, 1.54) is 6.07 Å². The maximum absolute atomic E-state index is 13.1. The van der Waals surface area contributed by atoms with Gasteiger partial charge in [0.25, 0.3) is 5.91 Å². The van der Waals surface area contributed by atoms with Gasteiger partial charge in [0, 0.05) is 18.2 Å². The molecular formula is C13H15F2NO. The molecule has 0 bridgehead atoms. The Balaban J connectivity index is 2.21. The third-order valence-corrected chi connectivity index (χ3v) is 3.23. The highest BCUT2D eigenvalue weighted by molar-refractivity contribution is 5.94. The minimum atomic E-state index is -0.972. The fourth-order valence-electron chi connectivity index (χ4n) is 2.19. The predicted octanol–water partition coefficient (Wildman–Crippen LogP) is 2.98. The van der Waals surface area contributed by atoms with Crippen molar-refractivity contribution < 1.29 is 13.6 Å². The van der Waals surface area contributed by atoms with Crippen molar-refractivity contribution in [2.24, 2.45) is 0 Å². The molecule has 0 radical (unpaired) electrons. The van der Waals surface area contributed by atoms with Crippen molar-refractivity contribution in [3.63, 3.8) is 0 Å². The van der Waals surface area contributed by atoms with Gasteiger partial charge in [0.1, 0.15) is 0 Å². The molecule has 2 rings (SSSR count). The Hall–Kier alpha value is -1.45. The third kappa shape index (κ3) is 2.46. The Morgan fingerprint density at radius 2 is 2.06 bits per heavy atom. The number of hydrogen-bond acceptors (Lipinski definition) is 1. The van der Waals surface area contributed by atoms with Crippen LogP contribution in [-0.4, -0.2) is 23.4 Å². The first-order chi connectivity index (χ1) is 8.09. The van der Waals surface area contributed by atoms with Crippen LogP contribution in [0.2, 0.25) is 0 Å². The number of amides is 1. The highest BCUT2D eigenvalue weighted by Crippen LogP contribution is 2.20. The summed E-state index contributed by atoms with van der Waals surface area (Å²) in [6, 6.07) is 3.47. The minimum absolute atomic E-state index is 0.171. The van der Waals surface area contributed by atoms with E-state index in [2.05, 4.69) is 0 Å². The van der Waals surface area contributed by atoms with E-state index in [-0.39, 0.29) is 17.5 Å². The molecule has 1 aliphatic rings. The first-order valence-corrected chi connectivity index (χ1v) is 5.85. The minimum Gasteiger partial charge on any atom is -0.336 e. The molecule has 92 valence electrons. The maximum atomic E-state index is 13.1. The second-order valence-electron chi connectivity index (χ2n) is 4.47. The largest absolute Gasteiger partial charge is 0.336 e. The molecule has 0 N–H and O–H groups in total. The van der Waals surface area contributed by atoms with Crippen LogP contribution < -0.4 is 0 Å². The van der Waals surface area contributed by atoms with Crippen LogP contribution in [0.15, 0.2) is 18.2 Å². The molecule has 0 unspecified atom stereocenters. The zero-order valence-electron chi connectivity index (χ0n) is 9.75. The lowest BCUT2D eigenvalue weighted by atomic mass is 10.0. The molecule has 1 amide bonds. The van der Waals surface area contributed by atoms with Gasteiger partial charge in [-0.05, 0) is 44.4 Å². The van der Waals surface area contributed by atoms with Gasteiger partial charge in [-0.1, -0.05) is 0 Å². The molecule has 1 fully saturated rings. The Labute approximate surface area is 99.2 Å². The lowest BCUT2D eigenvalue weighted by molar-refractivity contribution is 0.0635. The van der Waals surface area contributed by atoms with E-state index in [0.717, 1.165) is 31.4 Å². The fourth-order valence-corrected chi connectivity index (χ4v) is 2.19. The molecule has 0 spiro atoms. The number of halogens is 2. The number of benzene rings is 1. The molecule has 1 saturated heterocycles. The van der Waals surface area contributed by atoms with E-state index in [1.54, 1.807) is 4.90 Å². The van der Waals surface area contributed by atoms with Crippen LogP contribution in [0.5, 0.6) is 0 Å². The molecule has 0 saturated carbocycles. The van der Waals surface area contributed by atoms with Crippen LogP contribution in [0.4, 0.5) is 8.78 Å². The van der Waals surface area contributed by atoms with Crippen LogP contribution in [0, 0.1) is 11.6 Å². The predicted molar refractivity (Wildman–Crippen MR) is 60.7 cm³/mol. The van der Waals surface area contributed by atoms with Gasteiger partial charge in [-0.15, -0.1) is 0 Å². The summed E-state index contributed by atoms with van der Waals surface area (Å²) < 4.78 is 25.8. The van der Waals surface area contributed by atoms with Gasteiger partial charge < -0.3 is 4.90 Å².